The van der Waals surface area contributed by atoms with Gasteiger partial charge in [-0.3, -0.25) is 4.90 Å². The molecule has 1 aromatic heterocycles. The van der Waals surface area contributed by atoms with Crippen LogP contribution in [0.25, 0.3) is 0 Å². The fraction of sp³-hybridized carbons (Fsp3) is 0.688. The van der Waals surface area contributed by atoms with E-state index in [1.165, 1.54) is 11.9 Å². The van der Waals surface area contributed by atoms with Crippen LogP contribution in [0, 0.1) is 0 Å². The Morgan fingerprint density at radius 1 is 1.30 bits per heavy atom. The lowest BCUT2D eigenvalue weighted by molar-refractivity contribution is -0.192. The fourth-order valence-corrected chi connectivity index (χ4v) is 5.29. The average Bonchev–Trinajstić information content (AvgIpc) is 3.17. The number of aromatic nitrogens is 1. The van der Waals surface area contributed by atoms with Gasteiger partial charge in [-0.25, -0.2) is 13.2 Å². The van der Waals surface area contributed by atoms with E-state index in [4.69, 9.17) is 9.90 Å². The summed E-state index contributed by atoms with van der Waals surface area (Å²) in [5, 5.41) is 7.12. The Hall–Kier alpha value is -1.59. The largest absolute Gasteiger partial charge is 0.490 e. The number of carbonyl (C=O) groups is 1. The van der Waals surface area contributed by atoms with E-state index in [9.17, 15) is 21.6 Å². The van der Waals surface area contributed by atoms with E-state index in [1.807, 2.05) is 12.3 Å². The molecule has 0 aliphatic carbocycles. The molecule has 1 aromatic rings. The van der Waals surface area contributed by atoms with Crippen LogP contribution in [-0.4, -0.2) is 71.3 Å². The van der Waals surface area contributed by atoms with Gasteiger partial charge in [-0.1, -0.05) is 0 Å². The number of hydrogen-bond donors (Lipinski definition) is 2. The van der Waals surface area contributed by atoms with Crippen molar-refractivity contribution >= 4 is 16.0 Å². The van der Waals surface area contributed by atoms with E-state index in [1.54, 1.807) is 4.31 Å². The third-order valence-corrected chi connectivity index (χ3v) is 6.24. The van der Waals surface area contributed by atoms with Gasteiger partial charge in [0, 0.05) is 37.1 Å². The number of rotatable bonds is 3. The summed E-state index contributed by atoms with van der Waals surface area (Å²) < 4.78 is 57.6. The number of likely N-dealkylation sites (tertiary alicyclic amines) is 1. The van der Waals surface area contributed by atoms with Gasteiger partial charge in [-0.05, 0) is 44.4 Å². The Kier molecular flexibility index (Phi) is 6.59. The molecule has 3 rings (SSSR count). The first-order valence-corrected chi connectivity index (χ1v) is 10.4. The number of H-pyrrole nitrogens is 1. The van der Waals surface area contributed by atoms with Crippen LogP contribution in [0.4, 0.5) is 13.2 Å². The zero-order valence-electron chi connectivity index (χ0n) is 15.0. The molecule has 0 saturated carbocycles. The number of hydrogen-bond acceptors (Lipinski definition) is 4. The Bertz CT molecular complexity index is 737. The highest BCUT2D eigenvalue weighted by molar-refractivity contribution is 7.88. The van der Waals surface area contributed by atoms with E-state index < -0.39 is 22.2 Å². The molecule has 2 fully saturated rings. The van der Waals surface area contributed by atoms with Gasteiger partial charge in [0.2, 0.25) is 10.0 Å². The number of halogens is 3. The van der Waals surface area contributed by atoms with Gasteiger partial charge in [0.05, 0.1) is 6.26 Å². The molecule has 2 aliphatic heterocycles. The first kappa shape index (κ1) is 21.7. The number of aromatic amines is 1. The van der Waals surface area contributed by atoms with Gasteiger partial charge in [-0.2, -0.15) is 17.5 Å². The van der Waals surface area contributed by atoms with Gasteiger partial charge in [0.15, 0.2) is 0 Å². The van der Waals surface area contributed by atoms with Crippen LogP contribution < -0.4 is 0 Å². The zero-order chi connectivity index (χ0) is 20.3. The number of carboxylic acids is 1. The number of alkyl halides is 3. The molecule has 3 heterocycles. The van der Waals surface area contributed by atoms with Crippen molar-refractivity contribution in [2.45, 2.75) is 43.9 Å². The summed E-state index contributed by atoms with van der Waals surface area (Å²) in [4.78, 5) is 14.5. The zero-order valence-corrected chi connectivity index (χ0v) is 15.8. The summed E-state index contributed by atoms with van der Waals surface area (Å²) in [6.45, 7) is 3.49. The van der Waals surface area contributed by atoms with E-state index in [0.717, 1.165) is 45.3 Å². The topological polar surface area (TPSA) is 93.7 Å². The molecule has 2 aliphatic rings. The van der Waals surface area contributed by atoms with Crippen molar-refractivity contribution in [3.05, 3.63) is 24.0 Å². The van der Waals surface area contributed by atoms with Gasteiger partial charge < -0.3 is 10.1 Å². The number of nitrogens with zero attached hydrogens (tertiary/aromatic N) is 2. The second-order valence-electron chi connectivity index (χ2n) is 6.98. The van der Waals surface area contributed by atoms with Crippen molar-refractivity contribution < 1.29 is 31.5 Å². The fourth-order valence-electron chi connectivity index (χ4n) is 3.89. The van der Waals surface area contributed by atoms with Crippen LogP contribution in [0.3, 0.4) is 0 Å². The highest BCUT2D eigenvalue weighted by Crippen LogP contribution is 2.39. The maximum Gasteiger partial charge on any atom is 0.490 e. The summed E-state index contributed by atoms with van der Waals surface area (Å²) >= 11 is 0. The molecular weight excluding hydrogens is 387 g/mol. The number of aliphatic carboxylic acids is 1. The smallest absolute Gasteiger partial charge is 0.475 e. The maximum absolute atomic E-state index is 12.0. The van der Waals surface area contributed by atoms with Crippen LogP contribution in [0.5, 0.6) is 0 Å². The molecule has 154 valence electrons. The molecule has 2 N–H and O–H groups in total. The molecule has 7 nitrogen and oxygen atoms in total. The van der Waals surface area contributed by atoms with Crippen molar-refractivity contribution in [3.63, 3.8) is 0 Å². The highest BCUT2D eigenvalue weighted by atomic mass is 32.2. The Morgan fingerprint density at radius 3 is 2.37 bits per heavy atom. The molecule has 2 saturated heterocycles. The van der Waals surface area contributed by atoms with Crippen LogP contribution in [0.15, 0.2) is 18.3 Å². The SMILES string of the molecule is CS(=O)(=O)N1CCCC12CCCN(Cc1ccc[nH]1)C2.O=C(O)C(F)(F)F. The third-order valence-electron chi connectivity index (χ3n) is 4.87. The second-order valence-corrected chi connectivity index (χ2v) is 8.88. The monoisotopic (exact) mass is 411 g/mol. The predicted molar refractivity (Wildman–Crippen MR) is 92.5 cm³/mol. The van der Waals surface area contributed by atoms with Crippen molar-refractivity contribution in [2.75, 3.05) is 25.9 Å². The first-order chi connectivity index (χ1) is 12.4. The Morgan fingerprint density at radius 2 is 1.89 bits per heavy atom. The van der Waals surface area contributed by atoms with Crippen molar-refractivity contribution in [2.24, 2.45) is 0 Å². The lowest BCUT2D eigenvalue weighted by atomic mass is 9.87. The van der Waals surface area contributed by atoms with E-state index >= 15 is 0 Å². The minimum Gasteiger partial charge on any atom is -0.475 e. The molecule has 0 amide bonds. The molecule has 27 heavy (non-hydrogen) atoms. The first-order valence-electron chi connectivity index (χ1n) is 8.57. The van der Waals surface area contributed by atoms with Crippen LogP contribution in [0.1, 0.15) is 31.4 Å². The molecule has 1 unspecified atom stereocenters. The lowest BCUT2D eigenvalue weighted by Crippen LogP contribution is -2.56. The number of piperidine rings is 1. The standard InChI is InChI=1S/C14H23N3O2S.C2HF3O2/c1-20(18,19)17-10-4-7-14(17)6-3-9-16(12-14)11-13-5-2-8-15-13;3-2(4,5)1(6)7/h2,5,8,15H,3-4,6-7,9-12H2,1H3;(H,6,7). The van der Waals surface area contributed by atoms with Crippen LogP contribution in [0.2, 0.25) is 0 Å². The van der Waals surface area contributed by atoms with Crippen molar-refractivity contribution in [3.8, 4) is 0 Å². The third kappa shape index (κ3) is 5.69. The quantitative estimate of drug-likeness (QED) is 0.794. The normalized spacial score (nSPS) is 24.6. The van der Waals surface area contributed by atoms with Gasteiger partial charge in [0.25, 0.3) is 0 Å². The summed E-state index contributed by atoms with van der Waals surface area (Å²) in [6, 6.07) is 4.09. The minimum atomic E-state index is -5.08. The molecule has 11 heteroatoms. The number of nitrogens with one attached hydrogen (secondary N) is 1. The average molecular weight is 411 g/mol. The highest BCUT2D eigenvalue weighted by Gasteiger charge is 2.47. The minimum absolute atomic E-state index is 0.154. The van der Waals surface area contributed by atoms with E-state index in [0.29, 0.717) is 6.54 Å². The van der Waals surface area contributed by atoms with Gasteiger partial charge in [-0.15, -0.1) is 0 Å². The molecule has 0 radical (unpaired) electrons. The van der Waals surface area contributed by atoms with E-state index in [2.05, 4.69) is 16.0 Å². The molecule has 1 atom stereocenters. The van der Waals surface area contributed by atoms with Crippen LogP contribution in [-0.2, 0) is 21.4 Å². The second kappa shape index (κ2) is 8.19. The summed E-state index contributed by atoms with van der Waals surface area (Å²) in [5.41, 5.74) is 1.05. The van der Waals surface area contributed by atoms with E-state index in [-0.39, 0.29) is 5.54 Å². The molecule has 1 spiro atoms. The number of carboxylic acid groups (broad SMARTS) is 1. The summed E-state index contributed by atoms with van der Waals surface area (Å²) in [6.07, 6.45) is 2.27. The molecule has 0 aromatic carbocycles. The predicted octanol–water partition coefficient (Wildman–Crippen LogP) is 2.04. The van der Waals surface area contributed by atoms with Crippen LogP contribution >= 0.6 is 0 Å². The Balaban J connectivity index is 0.000000321. The van der Waals surface area contributed by atoms with Gasteiger partial charge in [0.1, 0.15) is 0 Å². The summed E-state index contributed by atoms with van der Waals surface area (Å²) in [7, 11) is -3.10. The van der Waals surface area contributed by atoms with Gasteiger partial charge >= 0.3 is 12.1 Å². The Labute approximate surface area is 156 Å². The van der Waals surface area contributed by atoms with Crippen molar-refractivity contribution in [1.29, 1.82) is 0 Å². The lowest BCUT2D eigenvalue weighted by Gasteiger charge is -2.44. The molecule has 0 bridgehead atoms. The summed E-state index contributed by atoms with van der Waals surface area (Å²) in [5.74, 6) is -2.76. The molecular formula is C16H24F3N3O4S. The van der Waals surface area contributed by atoms with Crippen molar-refractivity contribution in [1.82, 2.24) is 14.2 Å². The maximum atomic E-state index is 12.0. The number of sulfonamides is 1.